The molecule has 0 fully saturated rings. The average molecular weight is 273 g/mol. The van der Waals surface area contributed by atoms with Gasteiger partial charge in [-0.2, -0.15) is 4.98 Å². The molecule has 1 aromatic heterocycles. The second kappa shape index (κ2) is 6.86. The van der Waals surface area contributed by atoms with Crippen molar-refractivity contribution in [3.63, 3.8) is 0 Å². The number of hydrogen-bond donors (Lipinski definition) is 2. The number of aliphatic hydroxyl groups is 1. The summed E-state index contributed by atoms with van der Waals surface area (Å²) >= 11 is 0. The number of nitrogens with one attached hydrogen (secondary N) is 1. The molecule has 1 unspecified atom stereocenters. The summed E-state index contributed by atoms with van der Waals surface area (Å²) in [4.78, 5) is 8.44. The summed E-state index contributed by atoms with van der Waals surface area (Å²) in [6, 6.07) is 11.2. The van der Waals surface area contributed by atoms with E-state index < -0.39 is 6.10 Å². The van der Waals surface area contributed by atoms with Gasteiger partial charge in [0.15, 0.2) is 0 Å². The monoisotopic (exact) mass is 273 g/mol. The minimum atomic E-state index is -0.581. The molecule has 0 saturated carbocycles. The molecule has 0 aliphatic carbocycles. The van der Waals surface area contributed by atoms with E-state index in [2.05, 4.69) is 15.3 Å². The summed E-state index contributed by atoms with van der Waals surface area (Å²) < 4.78 is 5.37. The van der Waals surface area contributed by atoms with Crippen LogP contribution in [-0.4, -0.2) is 28.2 Å². The van der Waals surface area contributed by atoms with Crippen molar-refractivity contribution in [2.24, 2.45) is 0 Å². The van der Waals surface area contributed by atoms with Gasteiger partial charge in [0.2, 0.25) is 5.88 Å². The van der Waals surface area contributed by atoms with Crippen molar-refractivity contribution in [1.29, 1.82) is 0 Å². The molecule has 0 aliphatic rings. The van der Waals surface area contributed by atoms with Crippen LogP contribution in [0.4, 0.5) is 5.82 Å². The molecule has 1 aromatic carbocycles. The lowest BCUT2D eigenvalue weighted by atomic mass is 10.1. The second-order valence-corrected chi connectivity index (χ2v) is 4.38. The van der Waals surface area contributed by atoms with E-state index >= 15 is 0 Å². The zero-order valence-electron chi connectivity index (χ0n) is 11.7. The van der Waals surface area contributed by atoms with E-state index in [1.54, 1.807) is 13.0 Å². The molecular weight excluding hydrogens is 254 g/mol. The molecular formula is C15H19N3O2. The van der Waals surface area contributed by atoms with Gasteiger partial charge < -0.3 is 15.2 Å². The maximum absolute atomic E-state index is 10.1. The predicted octanol–water partition coefficient (Wildman–Crippen LogP) is 2.33. The third kappa shape index (κ3) is 3.93. The first-order valence-corrected chi connectivity index (χ1v) is 6.64. The molecule has 0 spiro atoms. The number of benzene rings is 1. The Kier molecular flexibility index (Phi) is 4.90. The molecule has 2 rings (SSSR count). The Bertz CT molecular complexity index is 546. The summed E-state index contributed by atoms with van der Waals surface area (Å²) in [7, 11) is 0. The summed E-state index contributed by atoms with van der Waals surface area (Å²) in [5, 5.41) is 13.2. The minimum Gasteiger partial charge on any atom is -0.478 e. The van der Waals surface area contributed by atoms with Crippen molar-refractivity contribution >= 4 is 5.82 Å². The van der Waals surface area contributed by atoms with E-state index in [4.69, 9.17) is 4.74 Å². The van der Waals surface area contributed by atoms with Gasteiger partial charge in [0, 0.05) is 12.6 Å². The van der Waals surface area contributed by atoms with Gasteiger partial charge in [-0.15, -0.1) is 0 Å². The third-order valence-corrected chi connectivity index (χ3v) is 2.77. The Morgan fingerprint density at radius 1 is 1.25 bits per heavy atom. The Labute approximate surface area is 118 Å². The van der Waals surface area contributed by atoms with Crippen molar-refractivity contribution < 1.29 is 9.84 Å². The fourth-order valence-corrected chi connectivity index (χ4v) is 1.85. The van der Waals surface area contributed by atoms with Crippen LogP contribution in [0.2, 0.25) is 0 Å². The highest BCUT2D eigenvalue weighted by Crippen LogP contribution is 2.16. The Morgan fingerprint density at radius 2 is 2.00 bits per heavy atom. The zero-order valence-corrected chi connectivity index (χ0v) is 11.7. The van der Waals surface area contributed by atoms with Crippen molar-refractivity contribution in [2.45, 2.75) is 20.0 Å². The number of aryl methyl sites for hydroxylation is 1. The molecule has 2 N–H and O–H groups in total. The van der Waals surface area contributed by atoms with Crippen LogP contribution in [0.25, 0.3) is 0 Å². The fourth-order valence-electron chi connectivity index (χ4n) is 1.85. The Morgan fingerprint density at radius 3 is 2.70 bits per heavy atom. The molecule has 0 saturated heterocycles. The van der Waals surface area contributed by atoms with Crippen LogP contribution in [0.1, 0.15) is 24.4 Å². The maximum Gasteiger partial charge on any atom is 0.218 e. The van der Waals surface area contributed by atoms with E-state index in [0.717, 1.165) is 5.56 Å². The normalized spacial score (nSPS) is 11.9. The van der Waals surface area contributed by atoms with Crippen LogP contribution in [0.5, 0.6) is 5.88 Å². The lowest BCUT2D eigenvalue weighted by Gasteiger charge is -2.13. The van der Waals surface area contributed by atoms with Crippen molar-refractivity contribution in [1.82, 2.24) is 9.97 Å². The molecule has 0 radical (unpaired) electrons. The molecule has 2 aromatic rings. The van der Waals surface area contributed by atoms with Crippen LogP contribution in [-0.2, 0) is 0 Å². The van der Waals surface area contributed by atoms with Crippen LogP contribution in [0.15, 0.2) is 36.4 Å². The lowest BCUT2D eigenvalue weighted by molar-refractivity contribution is 0.191. The SMILES string of the molecule is CCOc1cc(NCC(O)c2ccccc2)nc(C)n1. The lowest BCUT2D eigenvalue weighted by Crippen LogP contribution is -2.13. The van der Waals surface area contributed by atoms with E-state index in [0.29, 0.717) is 30.7 Å². The number of nitrogens with zero attached hydrogens (tertiary/aromatic N) is 2. The molecule has 1 atom stereocenters. The Hall–Kier alpha value is -2.14. The highest BCUT2D eigenvalue weighted by atomic mass is 16.5. The molecule has 0 amide bonds. The van der Waals surface area contributed by atoms with Gasteiger partial charge >= 0.3 is 0 Å². The molecule has 106 valence electrons. The molecule has 1 heterocycles. The number of hydrogen-bond acceptors (Lipinski definition) is 5. The van der Waals surface area contributed by atoms with Crippen LogP contribution < -0.4 is 10.1 Å². The first kappa shape index (κ1) is 14.3. The summed E-state index contributed by atoms with van der Waals surface area (Å²) in [6.45, 7) is 4.65. The van der Waals surface area contributed by atoms with Gasteiger partial charge in [0.05, 0.1) is 12.7 Å². The summed E-state index contributed by atoms with van der Waals surface area (Å²) in [5.41, 5.74) is 0.871. The fraction of sp³-hybridized carbons (Fsp3) is 0.333. The van der Waals surface area contributed by atoms with E-state index in [-0.39, 0.29) is 0 Å². The number of aromatic nitrogens is 2. The van der Waals surface area contributed by atoms with Gasteiger partial charge in [-0.25, -0.2) is 4.98 Å². The summed E-state index contributed by atoms with van der Waals surface area (Å²) in [6.07, 6.45) is -0.581. The molecule has 0 bridgehead atoms. The van der Waals surface area contributed by atoms with E-state index in [1.165, 1.54) is 0 Å². The number of aliphatic hydroxyl groups excluding tert-OH is 1. The first-order valence-electron chi connectivity index (χ1n) is 6.64. The number of rotatable bonds is 6. The van der Waals surface area contributed by atoms with Crippen LogP contribution >= 0.6 is 0 Å². The van der Waals surface area contributed by atoms with Crippen LogP contribution in [0.3, 0.4) is 0 Å². The standard InChI is InChI=1S/C15H19N3O2/c1-3-20-15-9-14(17-11(2)18-15)16-10-13(19)12-7-5-4-6-8-12/h4-9,13,19H,3,10H2,1-2H3,(H,16,17,18). The van der Waals surface area contributed by atoms with Crippen molar-refractivity contribution in [3.8, 4) is 5.88 Å². The van der Waals surface area contributed by atoms with Crippen molar-refractivity contribution in [2.75, 3.05) is 18.5 Å². The van der Waals surface area contributed by atoms with Gasteiger partial charge in [-0.05, 0) is 19.4 Å². The molecule has 20 heavy (non-hydrogen) atoms. The Balaban J connectivity index is 2.00. The smallest absolute Gasteiger partial charge is 0.218 e. The topological polar surface area (TPSA) is 67.3 Å². The highest BCUT2D eigenvalue weighted by molar-refractivity contribution is 5.38. The first-order chi connectivity index (χ1) is 9.69. The maximum atomic E-state index is 10.1. The van der Waals surface area contributed by atoms with Gasteiger partial charge in [0.1, 0.15) is 11.6 Å². The largest absolute Gasteiger partial charge is 0.478 e. The second-order valence-electron chi connectivity index (χ2n) is 4.38. The average Bonchev–Trinajstić information content (AvgIpc) is 2.45. The quantitative estimate of drug-likeness (QED) is 0.845. The predicted molar refractivity (Wildman–Crippen MR) is 77.8 cm³/mol. The summed E-state index contributed by atoms with van der Waals surface area (Å²) in [5.74, 6) is 1.82. The number of anilines is 1. The third-order valence-electron chi connectivity index (χ3n) is 2.77. The molecule has 5 nitrogen and oxygen atoms in total. The number of ether oxygens (including phenoxy) is 1. The van der Waals surface area contributed by atoms with E-state index in [1.807, 2.05) is 37.3 Å². The zero-order chi connectivity index (χ0) is 14.4. The van der Waals surface area contributed by atoms with Gasteiger partial charge in [-0.3, -0.25) is 0 Å². The van der Waals surface area contributed by atoms with Gasteiger partial charge in [-0.1, -0.05) is 30.3 Å². The minimum absolute atomic E-state index is 0.381. The van der Waals surface area contributed by atoms with Gasteiger partial charge in [0.25, 0.3) is 0 Å². The van der Waals surface area contributed by atoms with Crippen LogP contribution in [0, 0.1) is 6.92 Å². The van der Waals surface area contributed by atoms with E-state index in [9.17, 15) is 5.11 Å². The molecule has 5 heteroatoms. The van der Waals surface area contributed by atoms with Crippen molar-refractivity contribution in [3.05, 3.63) is 47.8 Å². The molecule has 0 aliphatic heterocycles. The highest BCUT2D eigenvalue weighted by Gasteiger charge is 2.08.